The third kappa shape index (κ3) is 3.22. The second-order valence-electron chi connectivity index (χ2n) is 4.22. The molecule has 1 aromatic rings. The van der Waals surface area contributed by atoms with Gasteiger partial charge in [-0.15, -0.1) is 0 Å². The molecule has 3 nitrogen and oxygen atoms in total. The molecule has 0 spiro atoms. The van der Waals surface area contributed by atoms with Gasteiger partial charge in [0, 0.05) is 0 Å². The Morgan fingerprint density at radius 2 is 1.89 bits per heavy atom. The van der Waals surface area contributed by atoms with E-state index in [2.05, 4.69) is 0 Å². The monoisotopic (exact) mass is 261 g/mol. The molecule has 100 valence electrons. The van der Waals surface area contributed by atoms with Crippen LogP contribution in [-0.4, -0.2) is 25.9 Å². The Hall–Kier alpha value is -1.11. The molecule has 2 N–H and O–H groups in total. The third-order valence-electron chi connectivity index (χ3n) is 2.79. The molecule has 0 aliphatic carbocycles. The fourth-order valence-electron chi connectivity index (χ4n) is 1.57. The van der Waals surface area contributed by atoms with E-state index in [-0.39, 0.29) is 12.7 Å². The first-order chi connectivity index (χ1) is 8.47. The van der Waals surface area contributed by atoms with Crippen LogP contribution in [0.5, 0.6) is 0 Å². The molecule has 0 radical (unpaired) electrons. The van der Waals surface area contributed by atoms with Gasteiger partial charge in [-0.05, 0) is 17.7 Å². The quantitative estimate of drug-likeness (QED) is 0.903. The summed E-state index contributed by atoms with van der Waals surface area (Å²) >= 11 is 0. The maximum Gasteiger partial charge on any atom is 0.416 e. The lowest BCUT2D eigenvalue weighted by Gasteiger charge is -2.27. The first kappa shape index (κ1) is 13.3. The maximum absolute atomic E-state index is 12.4. The van der Waals surface area contributed by atoms with Gasteiger partial charge in [0.15, 0.2) is 0 Å². The van der Waals surface area contributed by atoms with Crippen molar-refractivity contribution in [2.75, 3.05) is 19.8 Å². The van der Waals surface area contributed by atoms with Crippen LogP contribution >= 0.6 is 0 Å². The fourth-order valence-corrected chi connectivity index (χ4v) is 1.57. The Labute approximate surface area is 103 Å². The molecule has 1 unspecified atom stereocenters. The minimum absolute atomic E-state index is 0.0606. The summed E-state index contributed by atoms with van der Waals surface area (Å²) in [6, 6.07) is 4.40. The number of alkyl halides is 3. The zero-order valence-corrected chi connectivity index (χ0v) is 9.61. The summed E-state index contributed by atoms with van der Waals surface area (Å²) in [6.07, 6.45) is -4.26. The van der Waals surface area contributed by atoms with Crippen LogP contribution in [0.4, 0.5) is 13.2 Å². The minimum Gasteiger partial charge on any atom is -0.376 e. The van der Waals surface area contributed by atoms with E-state index in [9.17, 15) is 13.2 Å². The zero-order chi connectivity index (χ0) is 13.2. The molecule has 1 fully saturated rings. The Kier molecular flexibility index (Phi) is 3.89. The van der Waals surface area contributed by atoms with E-state index in [4.69, 9.17) is 15.2 Å². The van der Waals surface area contributed by atoms with Crippen LogP contribution < -0.4 is 5.73 Å². The molecule has 0 aromatic heterocycles. The highest BCUT2D eigenvalue weighted by Crippen LogP contribution is 2.29. The van der Waals surface area contributed by atoms with Crippen molar-refractivity contribution in [2.45, 2.75) is 18.3 Å². The van der Waals surface area contributed by atoms with Crippen LogP contribution in [0.15, 0.2) is 24.3 Å². The standard InChI is InChI=1S/C12H14F3NO2/c13-12(14,15)9-3-1-8(2-4-9)11(16)7-18-10-5-17-6-10/h1-4,10-11H,5-7,16H2. The van der Waals surface area contributed by atoms with Gasteiger partial charge in [0.25, 0.3) is 0 Å². The summed E-state index contributed by atoms with van der Waals surface area (Å²) < 4.78 is 47.4. The first-order valence-corrected chi connectivity index (χ1v) is 5.59. The number of hydrogen-bond donors (Lipinski definition) is 1. The summed E-state index contributed by atoms with van der Waals surface area (Å²) in [5.74, 6) is 0. The predicted molar refractivity (Wildman–Crippen MR) is 58.9 cm³/mol. The molecule has 1 saturated heterocycles. The molecule has 2 rings (SSSR count). The van der Waals surface area contributed by atoms with E-state index >= 15 is 0 Å². The minimum atomic E-state index is -4.32. The van der Waals surface area contributed by atoms with E-state index in [0.717, 1.165) is 12.1 Å². The van der Waals surface area contributed by atoms with Gasteiger partial charge in [0.2, 0.25) is 0 Å². The molecular weight excluding hydrogens is 247 g/mol. The van der Waals surface area contributed by atoms with E-state index < -0.39 is 17.8 Å². The molecule has 1 atom stereocenters. The predicted octanol–water partition coefficient (Wildman–Crippen LogP) is 2.12. The van der Waals surface area contributed by atoms with E-state index in [1.165, 1.54) is 12.1 Å². The van der Waals surface area contributed by atoms with Crippen LogP contribution in [0.2, 0.25) is 0 Å². The second-order valence-corrected chi connectivity index (χ2v) is 4.22. The number of benzene rings is 1. The summed E-state index contributed by atoms with van der Waals surface area (Å²) in [4.78, 5) is 0. The van der Waals surface area contributed by atoms with Crippen molar-refractivity contribution in [3.05, 3.63) is 35.4 Å². The summed E-state index contributed by atoms with van der Waals surface area (Å²) in [6.45, 7) is 1.39. The van der Waals surface area contributed by atoms with Crippen LogP contribution in [-0.2, 0) is 15.7 Å². The van der Waals surface area contributed by atoms with Crippen LogP contribution in [0.3, 0.4) is 0 Å². The highest BCUT2D eigenvalue weighted by Gasteiger charge is 2.30. The first-order valence-electron chi connectivity index (χ1n) is 5.59. The number of hydrogen-bond acceptors (Lipinski definition) is 3. The Bertz CT molecular complexity index is 387. The number of rotatable bonds is 4. The van der Waals surface area contributed by atoms with Crippen molar-refractivity contribution >= 4 is 0 Å². The molecule has 0 amide bonds. The van der Waals surface area contributed by atoms with Crippen LogP contribution in [0, 0.1) is 0 Å². The van der Waals surface area contributed by atoms with Crippen molar-refractivity contribution in [1.29, 1.82) is 0 Å². The molecule has 1 aliphatic rings. The molecule has 1 aromatic carbocycles. The highest BCUT2D eigenvalue weighted by molar-refractivity contribution is 5.26. The number of halogens is 3. The number of nitrogens with two attached hydrogens (primary N) is 1. The normalized spacial score (nSPS) is 18.4. The van der Waals surface area contributed by atoms with Crippen LogP contribution in [0.25, 0.3) is 0 Å². The summed E-state index contributed by atoms with van der Waals surface area (Å²) in [7, 11) is 0. The van der Waals surface area contributed by atoms with Gasteiger partial charge in [-0.2, -0.15) is 13.2 Å². The lowest BCUT2D eigenvalue weighted by Crippen LogP contribution is -2.37. The van der Waals surface area contributed by atoms with E-state index in [0.29, 0.717) is 18.8 Å². The second kappa shape index (κ2) is 5.26. The Morgan fingerprint density at radius 1 is 1.28 bits per heavy atom. The van der Waals surface area contributed by atoms with Gasteiger partial charge in [0.05, 0.1) is 31.4 Å². The van der Waals surface area contributed by atoms with Gasteiger partial charge < -0.3 is 15.2 Å². The van der Waals surface area contributed by atoms with Gasteiger partial charge in [0.1, 0.15) is 6.10 Å². The summed E-state index contributed by atoms with van der Waals surface area (Å²) in [5.41, 5.74) is 5.79. The molecule has 18 heavy (non-hydrogen) atoms. The SMILES string of the molecule is NC(COC1COC1)c1ccc(C(F)(F)F)cc1. The average molecular weight is 261 g/mol. The third-order valence-corrected chi connectivity index (χ3v) is 2.79. The molecule has 0 saturated carbocycles. The largest absolute Gasteiger partial charge is 0.416 e. The fraction of sp³-hybridized carbons (Fsp3) is 0.500. The van der Waals surface area contributed by atoms with Crippen molar-refractivity contribution in [3.63, 3.8) is 0 Å². The molecule has 6 heteroatoms. The van der Waals surface area contributed by atoms with Crippen LogP contribution in [0.1, 0.15) is 17.2 Å². The van der Waals surface area contributed by atoms with Crippen molar-refractivity contribution in [2.24, 2.45) is 5.73 Å². The van der Waals surface area contributed by atoms with Crippen molar-refractivity contribution in [3.8, 4) is 0 Å². The number of ether oxygens (including phenoxy) is 2. The molecule has 0 bridgehead atoms. The average Bonchev–Trinajstić information content (AvgIpc) is 2.26. The lowest BCUT2D eigenvalue weighted by molar-refractivity contribution is -0.137. The van der Waals surface area contributed by atoms with Gasteiger partial charge in [-0.3, -0.25) is 0 Å². The zero-order valence-electron chi connectivity index (χ0n) is 9.61. The Balaban J connectivity index is 1.91. The Morgan fingerprint density at radius 3 is 2.33 bits per heavy atom. The lowest BCUT2D eigenvalue weighted by atomic mass is 10.1. The van der Waals surface area contributed by atoms with Gasteiger partial charge >= 0.3 is 6.18 Å². The van der Waals surface area contributed by atoms with Crippen molar-refractivity contribution < 1.29 is 22.6 Å². The topological polar surface area (TPSA) is 44.5 Å². The molecule has 1 aliphatic heterocycles. The summed E-state index contributed by atoms with van der Waals surface area (Å²) in [5, 5.41) is 0. The van der Waals surface area contributed by atoms with E-state index in [1.54, 1.807) is 0 Å². The smallest absolute Gasteiger partial charge is 0.376 e. The highest BCUT2D eigenvalue weighted by atomic mass is 19.4. The van der Waals surface area contributed by atoms with Gasteiger partial charge in [-0.1, -0.05) is 12.1 Å². The molecular formula is C12H14F3NO2. The van der Waals surface area contributed by atoms with Crippen molar-refractivity contribution in [1.82, 2.24) is 0 Å². The van der Waals surface area contributed by atoms with E-state index in [1.807, 2.05) is 0 Å². The maximum atomic E-state index is 12.4. The molecule has 1 heterocycles. The van der Waals surface area contributed by atoms with Gasteiger partial charge in [-0.25, -0.2) is 0 Å².